The third-order valence-electron chi connectivity index (χ3n) is 4.44. The summed E-state index contributed by atoms with van der Waals surface area (Å²) in [6.45, 7) is 2.97. The van der Waals surface area contributed by atoms with E-state index < -0.39 is 0 Å². The number of carbonyl (C=O) groups excluding carboxylic acids is 1. The second-order valence-corrected chi connectivity index (χ2v) is 6.11. The maximum Gasteiger partial charge on any atom is 0.258 e. The van der Waals surface area contributed by atoms with Crippen molar-refractivity contribution in [1.29, 1.82) is 0 Å². The van der Waals surface area contributed by atoms with Gasteiger partial charge in [-0.1, -0.05) is 24.3 Å². The van der Waals surface area contributed by atoms with Crippen LogP contribution in [-0.4, -0.2) is 17.4 Å². The molecule has 1 aliphatic heterocycles. The summed E-state index contributed by atoms with van der Waals surface area (Å²) in [4.78, 5) is 14.9. The second kappa shape index (κ2) is 6.96. The molecule has 3 aromatic rings. The molecule has 1 unspecified atom stereocenters. The van der Waals surface area contributed by atoms with Crippen molar-refractivity contribution in [3.05, 3.63) is 83.8 Å². The fourth-order valence-electron chi connectivity index (χ4n) is 3.20. The summed E-state index contributed by atoms with van der Waals surface area (Å²) in [5, 5.41) is 3.48. The van der Waals surface area contributed by atoms with Crippen molar-refractivity contribution in [1.82, 2.24) is 4.90 Å². The number of ether oxygens (including phenoxy) is 1. The topological polar surface area (TPSA) is 54.7 Å². The van der Waals surface area contributed by atoms with Gasteiger partial charge in [0, 0.05) is 5.69 Å². The smallest absolute Gasteiger partial charge is 0.258 e. The first-order valence-electron chi connectivity index (χ1n) is 8.68. The Kier molecular flexibility index (Phi) is 4.35. The van der Waals surface area contributed by atoms with Gasteiger partial charge in [0.15, 0.2) is 0 Å². The molecule has 2 aromatic carbocycles. The standard InChI is InChI=1S/C21H20N2O3/c1-2-25-16-11-9-15(10-12-16)20-22-19-8-4-3-7-18(19)21(24)23(20)14-17-6-5-13-26-17/h3-13,20,22H,2,14H2,1H3. The van der Waals surface area contributed by atoms with Crippen LogP contribution in [0.3, 0.4) is 0 Å². The van der Waals surface area contributed by atoms with Gasteiger partial charge < -0.3 is 19.4 Å². The van der Waals surface area contributed by atoms with Crippen molar-refractivity contribution in [3.63, 3.8) is 0 Å². The molecule has 26 heavy (non-hydrogen) atoms. The van der Waals surface area contributed by atoms with Gasteiger partial charge in [-0.2, -0.15) is 0 Å². The number of carbonyl (C=O) groups is 1. The van der Waals surface area contributed by atoms with Crippen LogP contribution < -0.4 is 10.1 Å². The quantitative estimate of drug-likeness (QED) is 0.740. The second-order valence-electron chi connectivity index (χ2n) is 6.11. The van der Waals surface area contributed by atoms with E-state index in [1.165, 1.54) is 0 Å². The van der Waals surface area contributed by atoms with Crippen LogP contribution >= 0.6 is 0 Å². The Hall–Kier alpha value is -3.21. The van der Waals surface area contributed by atoms with Crippen molar-refractivity contribution >= 4 is 11.6 Å². The molecular weight excluding hydrogens is 328 g/mol. The third kappa shape index (κ3) is 3.04. The largest absolute Gasteiger partial charge is 0.494 e. The Labute approximate surface area is 152 Å². The van der Waals surface area contributed by atoms with Crippen molar-refractivity contribution in [2.24, 2.45) is 0 Å². The summed E-state index contributed by atoms with van der Waals surface area (Å²) in [6, 6.07) is 19.1. The number of para-hydroxylation sites is 1. The fraction of sp³-hybridized carbons (Fsp3) is 0.190. The Morgan fingerprint density at radius 3 is 2.62 bits per heavy atom. The van der Waals surface area contributed by atoms with Crippen molar-refractivity contribution in [2.75, 3.05) is 11.9 Å². The summed E-state index contributed by atoms with van der Waals surface area (Å²) in [6.07, 6.45) is 1.34. The number of hydrogen-bond donors (Lipinski definition) is 1. The molecule has 1 amide bonds. The number of benzene rings is 2. The summed E-state index contributed by atoms with van der Waals surface area (Å²) in [7, 11) is 0. The van der Waals surface area contributed by atoms with Crippen LogP contribution in [0.1, 0.15) is 34.8 Å². The first-order valence-corrected chi connectivity index (χ1v) is 8.68. The molecule has 0 saturated heterocycles. The number of anilines is 1. The predicted octanol–water partition coefficient (Wildman–Crippen LogP) is 4.45. The van der Waals surface area contributed by atoms with E-state index in [-0.39, 0.29) is 12.1 Å². The van der Waals surface area contributed by atoms with Crippen molar-refractivity contribution in [2.45, 2.75) is 19.6 Å². The van der Waals surface area contributed by atoms with Gasteiger partial charge in [-0.15, -0.1) is 0 Å². The fourth-order valence-corrected chi connectivity index (χ4v) is 3.20. The summed E-state index contributed by atoms with van der Waals surface area (Å²) >= 11 is 0. The Morgan fingerprint density at radius 1 is 1.08 bits per heavy atom. The van der Waals surface area contributed by atoms with Gasteiger partial charge in [0.2, 0.25) is 0 Å². The molecule has 2 heterocycles. The number of nitrogens with zero attached hydrogens (tertiary/aromatic N) is 1. The van der Waals surface area contributed by atoms with E-state index in [9.17, 15) is 4.79 Å². The summed E-state index contributed by atoms with van der Waals surface area (Å²) < 4.78 is 11.0. The molecular formula is C21H20N2O3. The maximum absolute atomic E-state index is 13.1. The van der Waals surface area contributed by atoms with Crippen LogP contribution in [-0.2, 0) is 6.54 Å². The Balaban J connectivity index is 1.70. The third-order valence-corrected chi connectivity index (χ3v) is 4.44. The SMILES string of the molecule is CCOc1ccc(C2Nc3ccccc3C(=O)N2Cc2ccco2)cc1. The molecule has 1 aromatic heterocycles. The van der Waals surface area contributed by atoms with Crippen molar-refractivity contribution < 1.29 is 13.9 Å². The number of nitrogens with one attached hydrogen (secondary N) is 1. The van der Waals surface area contributed by atoms with Crippen molar-refractivity contribution in [3.8, 4) is 5.75 Å². The van der Waals surface area contributed by atoms with Gasteiger partial charge in [0.05, 0.1) is 25.0 Å². The van der Waals surface area contributed by atoms with Crippen LogP contribution in [0.4, 0.5) is 5.69 Å². The number of furan rings is 1. The lowest BCUT2D eigenvalue weighted by Gasteiger charge is -2.37. The van der Waals surface area contributed by atoms with Crippen LogP contribution in [0.25, 0.3) is 0 Å². The summed E-state index contributed by atoms with van der Waals surface area (Å²) in [5.74, 6) is 1.54. The van der Waals surface area contributed by atoms with Crippen LogP contribution in [0, 0.1) is 0 Å². The minimum absolute atomic E-state index is 0.0189. The Bertz CT molecular complexity index is 888. The minimum Gasteiger partial charge on any atom is -0.494 e. The lowest BCUT2D eigenvalue weighted by atomic mass is 10.0. The van der Waals surface area contributed by atoms with E-state index in [4.69, 9.17) is 9.15 Å². The number of hydrogen-bond acceptors (Lipinski definition) is 4. The molecule has 1 atom stereocenters. The van der Waals surface area contributed by atoms with Crippen LogP contribution in [0.15, 0.2) is 71.3 Å². The van der Waals surface area contributed by atoms with Gasteiger partial charge in [0.1, 0.15) is 17.7 Å². The molecule has 1 aliphatic rings. The first-order chi connectivity index (χ1) is 12.8. The van der Waals surface area contributed by atoms with Gasteiger partial charge in [-0.05, 0) is 48.9 Å². The highest BCUT2D eigenvalue weighted by molar-refractivity contribution is 6.01. The van der Waals surface area contributed by atoms with E-state index in [0.717, 1.165) is 22.8 Å². The van der Waals surface area contributed by atoms with E-state index >= 15 is 0 Å². The Morgan fingerprint density at radius 2 is 1.88 bits per heavy atom. The highest BCUT2D eigenvalue weighted by atomic mass is 16.5. The molecule has 4 rings (SSSR count). The van der Waals surface area contributed by atoms with E-state index in [0.29, 0.717) is 18.7 Å². The zero-order valence-electron chi connectivity index (χ0n) is 14.5. The van der Waals surface area contributed by atoms with Gasteiger partial charge >= 0.3 is 0 Å². The molecule has 1 N–H and O–H groups in total. The molecule has 5 heteroatoms. The average molecular weight is 348 g/mol. The van der Waals surface area contributed by atoms with E-state index in [1.807, 2.05) is 67.6 Å². The molecule has 0 spiro atoms. The minimum atomic E-state index is -0.279. The summed E-state index contributed by atoms with van der Waals surface area (Å²) in [5.41, 5.74) is 2.50. The molecule has 0 radical (unpaired) electrons. The van der Waals surface area contributed by atoms with Crippen LogP contribution in [0.2, 0.25) is 0 Å². The highest BCUT2D eigenvalue weighted by Crippen LogP contribution is 2.34. The number of fused-ring (bicyclic) bond motifs is 1. The van der Waals surface area contributed by atoms with E-state index in [2.05, 4.69) is 5.32 Å². The normalized spacial score (nSPS) is 16.1. The van der Waals surface area contributed by atoms with Gasteiger partial charge in [-0.25, -0.2) is 0 Å². The maximum atomic E-state index is 13.1. The predicted molar refractivity (Wildman–Crippen MR) is 99.0 cm³/mol. The molecule has 132 valence electrons. The van der Waals surface area contributed by atoms with Gasteiger partial charge in [0.25, 0.3) is 5.91 Å². The molecule has 0 saturated carbocycles. The van der Waals surface area contributed by atoms with Gasteiger partial charge in [-0.3, -0.25) is 4.79 Å². The lowest BCUT2D eigenvalue weighted by molar-refractivity contribution is 0.0651. The number of amides is 1. The lowest BCUT2D eigenvalue weighted by Crippen LogP contribution is -2.42. The molecule has 0 aliphatic carbocycles. The molecule has 5 nitrogen and oxygen atoms in total. The molecule has 0 fully saturated rings. The highest BCUT2D eigenvalue weighted by Gasteiger charge is 2.33. The monoisotopic (exact) mass is 348 g/mol. The number of rotatable bonds is 5. The zero-order valence-corrected chi connectivity index (χ0v) is 14.5. The average Bonchev–Trinajstić information content (AvgIpc) is 3.18. The zero-order chi connectivity index (χ0) is 17.9. The van der Waals surface area contributed by atoms with Crippen LogP contribution in [0.5, 0.6) is 5.75 Å². The molecule has 0 bridgehead atoms. The van der Waals surface area contributed by atoms with E-state index in [1.54, 1.807) is 11.2 Å². The first kappa shape index (κ1) is 16.3.